The molecule has 0 saturated carbocycles. The normalized spacial score (nSPS) is 11.1. The van der Waals surface area contributed by atoms with Crippen LogP contribution in [0.1, 0.15) is 111 Å². The fourth-order valence-corrected chi connectivity index (χ4v) is 2.88. The third-order valence-corrected chi connectivity index (χ3v) is 4.71. The zero-order valence-corrected chi connectivity index (χ0v) is 21.1. The fourth-order valence-electron chi connectivity index (χ4n) is 2.88. The quantitative estimate of drug-likeness (QED) is 0.120. The van der Waals surface area contributed by atoms with Crippen molar-refractivity contribution in [2.45, 2.75) is 117 Å². The third kappa shape index (κ3) is 29.7. The van der Waals surface area contributed by atoms with Crippen LogP contribution in [-0.4, -0.2) is 35.0 Å². The zero-order valence-electron chi connectivity index (χ0n) is 19.6. The number of carbonyl (C=O) groups excluding carboxylic acids is 2. The van der Waals surface area contributed by atoms with Crippen LogP contribution >= 0.6 is 0 Å². The molecular formula is C24H45O5Ti. The molecule has 0 fully saturated rings. The van der Waals surface area contributed by atoms with Crippen LogP contribution in [0, 0.1) is 5.92 Å². The van der Waals surface area contributed by atoms with Crippen LogP contribution in [0.4, 0.5) is 0 Å². The predicted octanol–water partition coefficient (Wildman–Crippen LogP) is 5.58. The molecule has 175 valence electrons. The molecule has 0 heterocycles. The molecule has 0 amide bonds. The van der Waals surface area contributed by atoms with Gasteiger partial charge in [0.2, 0.25) is 0 Å². The molecule has 2 N–H and O–H groups in total. The minimum atomic E-state index is -1.29. The predicted molar refractivity (Wildman–Crippen MR) is 119 cm³/mol. The van der Waals surface area contributed by atoms with Gasteiger partial charge in [0.15, 0.2) is 5.78 Å². The fraction of sp³-hybridized carbons (Fsp3) is 0.833. The van der Waals surface area contributed by atoms with E-state index in [-0.39, 0.29) is 5.57 Å². The number of ketones is 1. The molecule has 6 heteroatoms. The van der Waals surface area contributed by atoms with E-state index in [9.17, 15) is 9.59 Å². The number of Topliss-reactive ketones (excluding diaryl/α,β-unsaturated/α-hetero) is 1. The van der Waals surface area contributed by atoms with E-state index in [1.807, 2.05) is 6.29 Å². The average Bonchev–Trinajstić information content (AvgIpc) is 2.74. The SMILES string of the molecule is C=C(C)C(=O)C(O)CO.CC(C)CCCCCCCCCCCCCC[C-]=O.[O]=[Ti+]. The first-order chi connectivity index (χ1) is 14.4. The van der Waals surface area contributed by atoms with E-state index in [0.717, 1.165) is 32.7 Å². The van der Waals surface area contributed by atoms with E-state index in [0.29, 0.717) is 6.42 Å². The van der Waals surface area contributed by atoms with Crippen LogP contribution in [-0.2, 0) is 33.3 Å². The number of rotatable bonds is 18. The summed E-state index contributed by atoms with van der Waals surface area (Å²) in [6, 6.07) is 0. The van der Waals surface area contributed by atoms with Crippen molar-refractivity contribution in [2.24, 2.45) is 5.92 Å². The number of unbranched alkanes of at least 4 members (excludes halogenated alkanes) is 12. The number of aliphatic hydroxyl groups excluding tert-OH is 2. The Labute approximate surface area is 196 Å². The monoisotopic (exact) mass is 461 g/mol. The molecule has 0 aromatic heterocycles. The van der Waals surface area contributed by atoms with Gasteiger partial charge in [-0.1, -0.05) is 104 Å². The molecule has 0 saturated heterocycles. The Hall–Kier alpha value is -0.486. The molecule has 0 spiro atoms. The van der Waals surface area contributed by atoms with Crippen LogP contribution in [0.2, 0.25) is 0 Å². The van der Waals surface area contributed by atoms with Gasteiger partial charge in [-0.25, -0.2) is 0 Å². The van der Waals surface area contributed by atoms with E-state index in [2.05, 4.69) is 20.4 Å². The molecule has 1 unspecified atom stereocenters. The van der Waals surface area contributed by atoms with Gasteiger partial charge in [0.05, 0.1) is 6.61 Å². The average molecular weight is 461 g/mol. The van der Waals surface area contributed by atoms with Gasteiger partial charge in [-0.2, -0.15) is 6.42 Å². The van der Waals surface area contributed by atoms with Gasteiger partial charge in [-0.3, -0.25) is 11.1 Å². The molecule has 0 bridgehead atoms. The molecule has 1 atom stereocenters. The number of aliphatic hydroxyl groups is 2. The summed E-state index contributed by atoms with van der Waals surface area (Å²) in [5.74, 6) is 0.377. The van der Waals surface area contributed by atoms with E-state index in [1.54, 1.807) is 0 Å². The van der Waals surface area contributed by atoms with Crippen LogP contribution < -0.4 is 0 Å². The van der Waals surface area contributed by atoms with Crippen molar-refractivity contribution >= 4 is 12.1 Å². The minimum absolute atomic E-state index is 0.261. The molecule has 0 radical (unpaired) electrons. The maximum absolute atomic E-state index is 10.6. The summed E-state index contributed by atoms with van der Waals surface area (Å²) in [4.78, 5) is 20.6. The molecule has 0 aromatic carbocycles. The summed E-state index contributed by atoms with van der Waals surface area (Å²) in [5, 5.41) is 16.9. The Morgan fingerprint density at radius 1 is 0.867 bits per heavy atom. The molecule has 0 rings (SSSR count). The van der Waals surface area contributed by atoms with E-state index < -0.39 is 18.5 Å². The molecule has 0 aliphatic rings. The molecule has 5 nitrogen and oxygen atoms in total. The topological polar surface area (TPSA) is 91.7 Å². The second-order valence-electron chi connectivity index (χ2n) is 8.16. The summed E-state index contributed by atoms with van der Waals surface area (Å²) >= 11 is 0.750. The van der Waals surface area contributed by atoms with Crippen molar-refractivity contribution < 1.29 is 43.5 Å². The standard InChI is InChI=1S/C18H35O.C6H10O3.O.Ti/c1-18(2)16-14-12-10-8-6-4-3-5-7-9-11-13-15-17-19;1-4(2)6(9)5(8)3-7;;/h18H,3-16H2,1-2H3;5,7-8H,1,3H2,2H3;;/q-1;;;+1. The third-order valence-electron chi connectivity index (χ3n) is 4.71. The zero-order chi connectivity index (χ0) is 23.6. The van der Waals surface area contributed by atoms with Gasteiger partial charge in [0, 0.05) is 0 Å². The Bertz CT molecular complexity index is 399. The van der Waals surface area contributed by atoms with Gasteiger partial charge in [0.25, 0.3) is 0 Å². The summed E-state index contributed by atoms with van der Waals surface area (Å²) in [6.07, 6.45) is 19.0. The maximum atomic E-state index is 10.6. The first kappa shape index (κ1) is 34.1. The van der Waals surface area contributed by atoms with Gasteiger partial charge < -0.3 is 15.0 Å². The first-order valence-electron chi connectivity index (χ1n) is 11.4. The van der Waals surface area contributed by atoms with Crippen LogP contribution in [0.25, 0.3) is 0 Å². The number of carbonyl (C=O) groups is 1. The van der Waals surface area contributed by atoms with Gasteiger partial charge in [-0.05, 0) is 18.4 Å². The second kappa shape index (κ2) is 28.5. The Balaban J connectivity index is -0.000000554. The van der Waals surface area contributed by atoms with Crippen molar-refractivity contribution in [1.29, 1.82) is 0 Å². The first-order valence-corrected chi connectivity index (χ1v) is 12.0. The number of hydrogen-bond donors (Lipinski definition) is 2. The number of hydrogen-bond acceptors (Lipinski definition) is 5. The van der Waals surface area contributed by atoms with Gasteiger partial charge >= 0.3 is 23.7 Å². The van der Waals surface area contributed by atoms with Gasteiger partial charge in [0.1, 0.15) is 6.10 Å². The summed E-state index contributed by atoms with van der Waals surface area (Å²) < 4.78 is 8.25. The molecular weight excluding hydrogens is 416 g/mol. The molecule has 0 aromatic rings. The Morgan fingerprint density at radius 3 is 1.50 bits per heavy atom. The second-order valence-corrected chi connectivity index (χ2v) is 8.16. The molecule has 0 aliphatic heterocycles. The Morgan fingerprint density at radius 2 is 1.23 bits per heavy atom. The molecule has 30 heavy (non-hydrogen) atoms. The van der Waals surface area contributed by atoms with Crippen molar-refractivity contribution in [3.63, 3.8) is 0 Å². The Kier molecular flexibility index (Phi) is 32.4. The van der Waals surface area contributed by atoms with Crippen LogP contribution in [0.15, 0.2) is 12.2 Å². The van der Waals surface area contributed by atoms with Crippen molar-refractivity contribution in [3.05, 3.63) is 12.2 Å². The summed E-state index contributed by atoms with van der Waals surface area (Å²) in [5.41, 5.74) is 0.261. The van der Waals surface area contributed by atoms with E-state index >= 15 is 0 Å². The van der Waals surface area contributed by atoms with Crippen molar-refractivity contribution in [2.75, 3.05) is 6.61 Å². The van der Waals surface area contributed by atoms with E-state index in [1.165, 1.54) is 84.0 Å². The van der Waals surface area contributed by atoms with Crippen LogP contribution in [0.5, 0.6) is 0 Å². The molecule has 0 aliphatic carbocycles. The van der Waals surface area contributed by atoms with E-state index in [4.69, 9.17) is 13.5 Å². The van der Waals surface area contributed by atoms with Crippen molar-refractivity contribution in [1.82, 2.24) is 0 Å². The summed E-state index contributed by atoms with van der Waals surface area (Å²) in [6.45, 7) is 8.89. The van der Waals surface area contributed by atoms with Gasteiger partial charge in [-0.15, -0.1) is 0 Å². The van der Waals surface area contributed by atoms with Crippen LogP contribution in [0.3, 0.4) is 0 Å². The van der Waals surface area contributed by atoms with Crippen molar-refractivity contribution in [3.8, 4) is 0 Å². The summed E-state index contributed by atoms with van der Waals surface area (Å²) in [7, 11) is 0.